The molecule has 12 heavy (non-hydrogen) atoms. The Kier molecular flexibility index (Phi) is 2.20. The van der Waals surface area contributed by atoms with Crippen molar-refractivity contribution in [3.63, 3.8) is 0 Å². The van der Waals surface area contributed by atoms with Gasteiger partial charge in [0, 0.05) is 18.4 Å². The van der Waals surface area contributed by atoms with Gasteiger partial charge in [-0.05, 0) is 30.9 Å². The largest absolute Gasteiger partial charge is 0.351 e. The number of hydrogen-bond donors (Lipinski definition) is 0. The van der Waals surface area contributed by atoms with E-state index in [2.05, 4.69) is 36.0 Å². The lowest BCUT2D eigenvalue weighted by molar-refractivity contribution is 0.283. The van der Waals surface area contributed by atoms with E-state index in [-0.39, 0.29) is 0 Å². The van der Waals surface area contributed by atoms with Gasteiger partial charge in [0.2, 0.25) is 0 Å². The summed E-state index contributed by atoms with van der Waals surface area (Å²) < 4.78 is 2.37. The molecule has 2 rings (SSSR count). The van der Waals surface area contributed by atoms with Crippen molar-refractivity contribution in [2.45, 2.75) is 38.6 Å². The van der Waals surface area contributed by atoms with Gasteiger partial charge >= 0.3 is 0 Å². The first-order valence-corrected chi connectivity index (χ1v) is 4.98. The quantitative estimate of drug-likeness (QED) is 0.599. The first-order chi connectivity index (χ1) is 5.86. The molecule has 66 valence electrons. The van der Waals surface area contributed by atoms with Gasteiger partial charge in [0.1, 0.15) is 0 Å². The highest BCUT2D eigenvalue weighted by atomic mass is 15.0. The molecule has 2 atom stereocenters. The molecule has 0 aliphatic heterocycles. The van der Waals surface area contributed by atoms with E-state index >= 15 is 0 Å². The number of hydrogen-bond acceptors (Lipinski definition) is 0. The molecule has 1 aromatic heterocycles. The Morgan fingerprint density at radius 2 is 1.92 bits per heavy atom. The van der Waals surface area contributed by atoms with E-state index in [1.165, 1.54) is 25.7 Å². The summed E-state index contributed by atoms with van der Waals surface area (Å²) in [6.45, 7) is 2.37. The first kappa shape index (κ1) is 7.90. The average Bonchev–Trinajstić information content (AvgIpc) is 2.56. The molecule has 0 bridgehead atoms. The molecule has 1 fully saturated rings. The van der Waals surface area contributed by atoms with E-state index in [0.717, 1.165) is 12.0 Å². The van der Waals surface area contributed by atoms with Crippen molar-refractivity contribution in [2.75, 3.05) is 0 Å². The Bertz CT molecular complexity index is 225. The Morgan fingerprint density at radius 1 is 1.17 bits per heavy atom. The third-order valence-electron chi connectivity index (χ3n) is 2.96. The molecule has 1 aromatic rings. The molecule has 0 amide bonds. The Balaban J connectivity index is 2.04. The number of nitrogens with zero attached hydrogens (tertiary/aromatic N) is 1. The van der Waals surface area contributed by atoms with Crippen LogP contribution in [0.2, 0.25) is 0 Å². The van der Waals surface area contributed by atoms with Gasteiger partial charge in [-0.1, -0.05) is 19.8 Å². The van der Waals surface area contributed by atoms with Gasteiger partial charge in [0.25, 0.3) is 0 Å². The maximum atomic E-state index is 2.37. The smallest absolute Gasteiger partial charge is 0.0333 e. The summed E-state index contributed by atoms with van der Waals surface area (Å²) in [6.07, 6.45) is 9.97. The first-order valence-electron chi connectivity index (χ1n) is 4.98. The maximum Gasteiger partial charge on any atom is 0.0333 e. The molecule has 1 aliphatic carbocycles. The summed E-state index contributed by atoms with van der Waals surface area (Å²) in [6, 6.07) is 5.03. The van der Waals surface area contributed by atoms with E-state index < -0.39 is 0 Å². The van der Waals surface area contributed by atoms with Crippen LogP contribution in [0.3, 0.4) is 0 Å². The summed E-state index contributed by atoms with van der Waals surface area (Å²) in [7, 11) is 0. The van der Waals surface area contributed by atoms with Crippen molar-refractivity contribution in [1.29, 1.82) is 0 Å². The van der Waals surface area contributed by atoms with Crippen molar-refractivity contribution in [2.24, 2.45) is 5.92 Å². The molecule has 0 aromatic carbocycles. The van der Waals surface area contributed by atoms with Gasteiger partial charge in [0.15, 0.2) is 0 Å². The Morgan fingerprint density at radius 3 is 2.58 bits per heavy atom. The zero-order valence-corrected chi connectivity index (χ0v) is 7.74. The van der Waals surface area contributed by atoms with Crippen LogP contribution in [0.15, 0.2) is 24.5 Å². The molecule has 1 heterocycles. The van der Waals surface area contributed by atoms with Gasteiger partial charge in [0.05, 0.1) is 0 Å². The van der Waals surface area contributed by atoms with Crippen LogP contribution in [-0.2, 0) is 0 Å². The minimum atomic E-state index is 0.781. The minimum absolute atomic E-state index is 0.781. The summed E-state index contributed by atoms with van der Waals surface area (Å²) in [5.41, 5.74) is 0. The lowest BCUT2D eigenvalue weighted by atomic mass is 9.87. The van der Waals surface area contributed by atoms with E-state index in [1.54, 1.807) is 0 Å². The van der Waals surface area contributed by atoms with Gasteiger partial charge in [-0.15, -0.1) is 0 Å². The third-order valence-corrected chi connectivity index (χ3v) is 2.96. The molecule has 1 saturated carbocycles. The van der Waals surface area contributed by atoms with E-state index in [0.29, 0.717) is 0 Å². The van der Waals surface area contributed by atoms with Crippen molar-refractivity contribution in [1.82, 2.24) is 4.57 Å². The second-order valence-electron chi connectivity index (χ2n) is 4.06. The van der Waals surface area contributed by atoms with Crippen LogP contribution in [-0.4, -0.2) is 4.57 Å². The predicted molar refractivity (Wildman–Crippen MR) is 51.1 cm³/mol. The Hall–Kier alpha value is -0.720. The van der Waals surface area contributed by atoms with Crippen molar-refractivity contribution < 1.29 is 0 Å². The highest BCUT2D eigenvalue weighted by molar-refractivity contribution is 4.94. The van der Waals surface area contributed by atoms with Gasteiger partial charge in [-0.2, -0.15) is 0 Å². The molecule has 2 unspecified atom stereocenters. The van der Waals surface area contributed by atoms with Crippen molar-refractivity contribution in [3.8, 4) is 0 Å². The molecular weight excluding hydrogens is 146 g/mol. The highest BCUT2D eigenvalue weighted by Crippen LogP contribution is 2.31. The van der Waals surface area contributed by atoms with E-state index in [9.17, 15) is 0 Å². The average molecular weight is 163 g/mol. The van der Waals surface area contributed by atoms with E-state index in [4.69, 9.17) is 0 Å². The predicted octanol–water partition coefficient (Wildman–Crippen LogP) is 3.24. The Labute approximate surface area is 74.4 Å². The van der Waals surface area contributed by atoms with Crippen LogP contribution in [0.4, 0.5) is 0 Å². The summed E-state index contributed by atoms with van der Waals surface area (Å²) in [4.78, 5) is 0. The van der Waals surface area contributed by atoms with Gasteiger partial charge < -0.3 is 4.57 Å². The highest BCUT2D eigenvalue weighted by Gasteiger charge is 2.18. The maximum absolute atomic E-state index is 2.37. The molecule has 0 N–H and O–H groups in total. The fourth-order valence-electron chi connectivity index (χ4n) is 2.26. The van der Waals surface area contributed by atoms with Crippen LogP contribution in [0, 0.1) is 5.92 Å². The summed E-state index contributed by atoms with van der Waals surface area (Å²) in [5, 5.41) is 0. The van der Waals surface area contributed by atoms with Crippen molar-refractivity contribution >= 4 is 0 Å². The fraction of sp³-hybridized carbons (Fsp3) is 0.636. The SMILES string of the molecule is CC1CCCC(n2cccc2)C1. The molecule has 1 nitrogen and oxygen atoms in total. The second-order valence-corrected chi connectivity index (χ2v) is 4.06. The summed E-state index contributed by atoms with van der Waals surface area (Å²) in [5.74, 6) is 0.922. The van der Waals surface area contributed by atoms with Crippen LogP contribution in [0.1, 0.15) is 38.6 Å². The van der Waals surface area contributed by atoms with Crippen LogP contribution in [0.25, 0.3) is 0 Å². The van der Waals surface area contributed by atoms with Crippen molar-refractivity contribution in [3.05, 3.63) is 24.5 Å². The number of aromatic nitrogens is 1. The molecule has 1 heteroatoms. The molecule has 0 saturated heterocycles. The van der Waals surface area contributed by atoms with Gasteiger partial charge in [-0.25, -0.2) is 0 Å². The van der Waals surface area contributed by atoms with Gasteiger partial charge in [-0.3, -0.25) is 0 Å². The third kappa shape index (κ3) is 1.55. The number of rotatable bonds is 1. The topological polar surface area (TPSA) is 4.93 Å². The second kappa shape index (κ2) is 3.34. The fourth-order valence-corrected chi connectivity index (χ4v) is 2.26. The molecule has 1 aliphatic rings. The normalized spacial score (nSPS) is 30.4. The molecule has 0 radical (unpaired) electrons. The lowest BCUT2D eigenvalue weighted by Gasteiger charge is -2.27. The van der Waals surface area contributed by atoms with Crippen LogP contribution < -0.4 is 0 Å². The molecular formula is C11H17N. The minimum Gasteiger partial charge on any atom is -0.351 e. The van der Waals surface area contributed by atoms with Crippen LogP contribution >= 0.6 is 0 Å². The van der Waals surface area contributed by atoms with Crippen LogP contribution in [0.5, 0.6) is 0 Å². The zero-order chi connectivity index (χ0) is 8.39. The lowest BCUT2D eigenvalue weighted by Crippen LogP contribution is -2.16. The summed E-state index contributed by atoms with van der Waals surface area (Å²) >= 11 is 0. The van der Waals surface area contributed by atoms with E-state index in [1.807, 2.05) is 0 Å². The zero-order valence-electron chi connectivity index (χ0n) is 7.74. The monoisotopic (exact) mass is 163 g/mol. The molecule has 0 spiro atoms. The standard InChI is InChI=1S/C11H17N/c1-10-5-4-6-11(9-10)12-7-2-3-8-12/h2-3,7-8,10-11H,4-6,9H2,1H3.